The number of aromatic nitrogens is 3. The molecule has 0 saturated heterocycles. The molecule has 6 heterocycles. The van der Waals surface area contributed by atoms with Crippen molar-refractivity contribution in [2.45, 2.75) is 51.8 Å². The number of ether oxygens (including phenoxy) is 1. The van der Waals surface area contributed by atoms with Gasteiger partial charge in [0.25, 0.3) is 0 Å². The number of carbonyl (C=O) groups is 1. The second-order valence-corrected chi connectivity index (χ2v) is 14.1. The Kier molecular flexibility index (Phi) is 6.09. The minimum Gasteiger partial charge on any atom is -0.469 e. The largest absolute Gasteiger partial charge is 0.469 e. The normalized spacial score (nSPS) is 22.7. The molecular weight excluding hydrogens is 658 g/mol. The lowest BCUT2D eigenvalue weighted by atomic mass is 9.72. The first-order valence-electron chi connectivity index (χ1n) is 15.9. The summed E-state index contributed by atoms with van der Waals surface area (Å²) in [6.45, 7) is 8.14. The number of oxazole rings is 2. The number of para-hydroxylation sites is 2. The first kappa shape index (κ1) is 28.4. The summed E-state index contributed by atoms with van der Waals surface area (Å²) in [4.78, 5) is 26.9. The van der Waals surface area contributed by atoms with Gasteiger partial charge in [0.15, 0.2) is 23.4 Å². The minimum atomic E-state index is -0.925. The van der Waals surface area contributed by atoms with E-state index in [-0.39, 0.29) is 17.7 Å². The number of amides is 1. The van der Waals surface area contributed by atoms with Gasteiger partial charge in [-0.2, -0.15) is 0 Å². The number of aryl methyl sites for hydroxylation is 1. The van der Waals surface area contributed by atoms with Gasteiger partial charge in [-0.25, -0.2) is 9.97 Å². The number of carbonyl (C=O) groups excluding carboxylic acids is 1. The van der Waals surface area contributed by atoms with Gasteiger partial charge in [0.2, 0.25) is 17.7 Å². The van der Waals surface area contributed by atoms with Crippen molar-refractivity contribution >= 4 is 38.4 Å². The number of aromatic amines is 1. The van der Waals surface area contributed by atoms with Crippen LogP contribution >= 0.6 is 15.9 Å². The summed E-state index contributed by atoms with van der Waals surface area (Å²) in [7, 11) is 0. The second kappa shape index (κ2) is 10.1. The molecular formula is C37H32BrN5O4. The average Bonchev–Trinajstić information content (AvgIpc) is 3.86. The third kappa shape index (κ3) is 3.97. The topological polar surface area (TPSA) is 118 Å². The van der Waals surface area contributed by atoms with Gasteiger partial charge >= 0.3 is 0 Å². The van der Waals surface area contributed by atoms with E-state index in [0.29, 0.717) is 35.4 Å². The summed E-state index contributed by atoms with van der Waals surface area (Å²) >= 11 is 3.77. The highest BCUT2D eigenvalue weighted by Crippen LogP contribution is 2.60. The van der Waals surface area contributed by atoms with Gasteiger partial charge in [0, 0.05) is 44.2 Å². The van der Waals surface area contributed by atoms with Crippen LogP contribution in [-0.4, -0.2) is 27.1 Å². The number of halogens is 1. The summed E-state index contributed by atoms with van der Waals surface area (Å²) in [6.07, 6.45) is 3.74. The first-order chi connectivity index (χ1) is 22.7. The highest BCUT2D eigenvalue weighted by atomic mass is 79.9. The van der Waals surface area contributed by atoms with Crippen LogP contribution in [0.15, 0.2) is 80.3 Å². The highest BCUT2D eigenvalue weighted by Gasteiger charge is 2.61. The van der Waals surface area contributed by atoms with E-state index >= 15 is 0 Å². The summed E-state index contributed by atoms with van der Waals surface area (Å²) in [5.74, 6) is 2.30. The van der Waals surface area contributed by atoms with Gasteiger partial charge in [0.05, 0.1) is 11.9 Å². The maximum absolute atomic E-state index is 13.5. The van der Waals surface area contributed by atoms with Crippen LogP contribution in [0, 0.1) is 18.8 Å². The van der Waals surface area contributed by atoms with E-state index in [1.54, 1.807) is 6.20 Å². The zero-order valence-corrected chi connectivity index (χ0v) is 27.9. The summed E-state index contributed by atoms with van der Waals surface area (Å²) in [6, 6.07) is 18.0. The summed E-state index contributed by atoms with van der Waals surface area (Å²) in [5.41, 5.74) is 6.55. The fraction of sp³-hybridized carbons (Fsp3) is 0.270. The molecule has 6 aromatic rings. The van der Waals surface area contributed by atoms with Crippen molar-refractivity contribution in [2.75, 3.05) is 5.32 Å². The van der Waals surface area contributed by atoms with Crippen molar-refractivity contribution in [2.24, 2.45) is 11.8 Å². The van der Waals surface area contributed by atoms with Crippen LogP contribution in [-0.2, 0) is 16.6 Å². The van der Waals surface area contributed by atoms with E-state index in [9.17, 15) is 4.79 Å². The average molecular weight is 691 g/mol. The Morgan fingerprint density at radius 2 is 1.89 bits per heavy atom. The van der Waals surface area contributed by atoms with E-state index < -0.39 is 17.7 Å². The molecule has 0 saturated carbocycles. The predicted molar refractivity (Wildman–Crippen MR) is 181 cm³/mol. The molecule has 0 fully saturated rings. The van der Waals surface area contributed by atoms with E-state index in [0.717, 1.165) is 54.6 Å². The van der Waals surface area contributed by atoms with E-state index in [1.165, 1.54) is 0 Å². The molecule has 0 radical (unpaired) electrons. The van der Waals surface area contributed by atoms with Crippen LogP contribution in [0.5, 0.6) is 5.75 Å². The molecule has 9 nitrogen and oxygen atoms in total. The van der Waals surface area contributed by atoms with E-state index in [1.807, 2.05) is 43.5 Å². The lowest BCUT2D eigenvalue weighted by molar-refractivity contribution is -0.125. The Morgan fingerprint density at radius 1 is 1.04 bits per heavy atom. The molecule has 3 N–H and O–H groups in total. The number of rotatable bonds is 3. The molecule has 236 valence electrons. The van der Waals surface area contributed by atoms with Crippen LogP contribution in [0.1, 0.15) is 60.7 Å². The molecule has 3 aromatic carbocycles. The van der Waals surface area contributed by atoms with Crippen molar-refractivity contribution < 1.29 is 18.4 Å². The van der Waals surface area contributed by atoms with Gasteiger partial charge in [-0.3, -0.25) is 4.79 Å². The Bertz CT molecular complexity index is 2250. The van der Waals surface area contributed by atoms with Gasteiger partial charge < -0.3 is 29.2 Å². The van der Waals surface area contributed by atoms with Gasteiger partial charge in [0.1, 0.15) is 17.2 Å². The standard InChI is InChI=1S/C37H32BrN5O4/c1-17(2)28-35-42-31(34-40-16-27(45-34)22-15-39-29-18(3)7-5-8-21(22)29)32(47-35)37-23-9-6-10-25(38)30(23)43-36(37)46-26-12-11-20(14-24(26)37)13-19(4)33(44)41-28/h5-12,14-17,19,28,36,39,43H,13H2,1-4H3,(H,41,44)/t19-,28-,36?,37-/m0/s1. The number of fused-ring (bicyclic) bond motifs is 5. The maximum Gasteiger partial charge on any atom is 0.249 e. The van der Waals surface area contributed by atoms with Gasteiger partial charge in [-0.15, -0.1) is 0 Å². The Morgan fingerprint density at radius 3 is 2.74 bits per heavy atom. The van der Waals surface area contributed by atoms with Crippen LogP contribution in [0.3, 0.4) is 0 Å². The van der Waals surface area contributed by atoms with Crippen LogP contribution in [0.4, 0.5) is 5.69 Å². The number of H-pyrrole nitrogens is 1. The number of nitrogens with zero attached hydrogens (tertiary/aromatic N) is 2. The molecule has 4 bridgehead atoms. The zero-order valence-electron chi connectivity index (χ0n) is 26.3. The monoisotopic (exact) mass is 689 g/mol. The third-order valence-corrected chi connectivity index (χ3v) is 10.6. The quantitative estimate of drug-likeness (QED) is 0.172. The second-order valence-electron chi connectivity index (χ2n) is 13.2. The molecule has 10 heteroatoms. The minimum absolute atomic E-state index is 0.00679. The number of hydrogen-bond acceptors (Lipinski definition) is 7. The molecule has 0 aliphatic carbocycles. The van der Waals surface area contributed by atoms with Crippen molar-refractivity contribution in [3.8, 4) is 28.7 Å². The smallest absolute Gasteiger partial charge is 0.249 e. The lowest BCUT2D eigenvalue weighted by Gasteiger charge is -2.28. The predicted octanol–water partition coefficient (Wildman–Crippen LogP) is 8.03. The van der Waals surface area contributed by atoms with Crippen molar-refractivity contribution in [3.63, 3.8) is 0 Å². The summed E-state index contributed by atoms with van der Waals surface area (Å²) < 4.78 is 21.2. The molecule has 3 aliphatic heterocycles. The molecule has 3 aliphatic rings. The highest BCUT2D eigenvalue weighted by molar-refractivity contribution is 9.10. The van der Waals surface area contributed by atoms with Crippen LogP contribution in [0.2, 0.25) is 0 Å². The zero-order chi connectivity index (χ0) is 32.2. The third-order valence-electron chi connectivity index (χ3n) is 9.94. The molecule has 4 atom stereocenters. The summed E-state index contributed by atoms with van der Waals surface area (Å²) in [5, 5.41) is 7.94. The van der Waals surface area contributed by atoms with Crippen LogP contribution < -0.4 is 15.4 Å². The molecule has 9 rings (SSSR count). The Hall–Kier alpha value is -4.83. The van der Waals surface area contributed by atoms with Crippen molar-refractivity contribution in [3.05, 3.63) is 105 Å². The fourth-order valence-corrected chi connectivity index (χ4v) is 8.03. The number of nitrogens with one attached hydrogen (secondary N) is 3. The molecule has 1 spiro atoms. The van der Waals surface area contributed by atoms with Crippen LogP contribution in [0.25, 0.3) is 33.8 Å². The van der Waals surface area contributed by atoms with Gasteiger partial charge in [-0.05, 0) is 58.5 Å². The van der Waals surface area contributed by atoms with E-state index in [2.05, 4.69) is 76.6 Å². The lowest BCUT2D eigenvalue weighted by Crippen LogP contribution is -2.40. The van der Waals surface area contributed by atoms with Crippen molar-refractivity contribution in [1.29, 1.82) is 0 Å². The maximum atomic E-state index is 13.5. The molecule has 47 heavy (non-hydrogen) atoms. The van der Waals surface area contributed by atoms with Crippen molar-refractivity contribution in [1.82, 2.24) is 20.3 Å². The Labute approximate surface area is 279 Å². The fourth-order valence-electron chi connectivity index (χ4n) is 7.55. The number of anilines is 1. The number of benzene rings is 3. The molecule has 1 amide bonds. The first-order valence-corrected chi connectivity index (χ1v) is 16.7. The Balaban J connectivity index is 1.33. The SMILES string of the molecule is Cc1cccc2c(-c3cnc(-c4nc5oc4[C@]46c7cc(ccc7OC4Nc4c(Br)cccc46)C[C@H](C)C(=O)N[C@H]5C(C)C)o3)c[nH]c12. The molecule has 1 unspecified atom stereocenters. The molecule has 3 aromatic heterocycles. The van der Waals surface area contributed by atoms with Gasteiger partial charge in [-0.1, -0.05) is 63.2 Å². The van der Waals surface area contributed by atoms with E-state index in [4.69, 9.17) is 23.5 Å². The number of hydrogen-bond donors (Lipinski definition) is 3.